The molecule has 4 rings (SSSR count). The van der Waals surface area contributed by atoms with Crippen LogP contribution in [-0.4, -0.2) is 156 Å². The molecule has 3 N–H and O–H groups in total. The summed E-state index contributed by atoms with van der Waals surface area (Å²) in [5.74, 6) is -6.29. The first-order valence-electron chi connectivity index (χ1n) is 24.5. The second kappa shape index (κ2) is 25.1. The van der Waals surface area contributed by atoms with Gasteiger partial charge in [0.05, 0.1) is 36.6 Å². The number of carboxylic acid groups (broad SMARTS) is 1. The van der Waals surface area contributed by atoms with Crippen LogP contribution >= 0.6 is 0 Å². The Labute approximate surface area is 407 Å². The molecule has 1 spiro atoms. The molecule has 17 nitrogen and oxygen atoms in total. The van der Waals surface area contributed by atoms with E-state index in [-0.39, 0.29) is 84.1 Å². The Morgan fingerprint density at radius 2 is 1.51 bits per heavy atom. The second-order valence-corrected chi connectivity index (χ2v) is 20.2. The number of methoxy groups -OCH3 is 2. The van der Waals surface area contributed by atoms with Crippen molar-refractivity contribution in [3.8, 4) is 0 Å². The average Bonchev–Trinajstić information content (AvgIpc) is 3.85. The van der Waals surface area contributed by atoms with Gasteiger partial charge in [0.25, 0.3) is 11.8 Å². The first kappa shape index (κ1) is 56.4. The number of halogens is 1. The van der Waals surface area contributed by atoms with Crippen molar-refractivity contribution in [1.82, 2.24) is 30.2 Å². The zero-order valence-electron chi connectivity index (χ0n) is 42.5. The molecule has 384 valence electrons. The van der Waals surface area contributed by atoms with Crippen molar-refractivity contribution in [2.75, 3.05) is 41.4 Å². The molecule has 1 aliphatic carbocycles. The van der Waals surface area contributed by atoms with Crippen molar-refractivity contribution in [2.24, 2.45) is 29.1 Å². The van der Waals surface area contributed by atoms with E-state index in [4.69, 9.17) is 9.47 Å². The minimum Gasteiger partial charge on any atom is -0.480 e. The lowest BCUT2D eigenvalue weighted by molar-refractivity contribution is -0.149. The van der Waals surface area contributed by atoms with Crippen LogP contribution in [0.5, 0.6) is 0 Å². The number of nitrogens with zero attached hydrogens (tertiary/aromatic N) is 4. The van der Waals surface area contributed by atoms with E-state index in [9.17, 15) is 47.9 Å². The number of rotatable bonds is 27. The second-order valence-electron chi connectivity index (χ2n) is 20.2. The predicted octanol–water partition coefficient (Wildman–Crippen LogP) is 4.36. The highest BCUT2D eigenvalue weighted by molar-refractivity contribution is 6.12. The molecule has 0 radical (unpaired) electrons. The van der Waals surface area contributed by atoms with Crippen molar-refractivity contribution >= 4 is 47.3 Å². The predicted molar refractivity (Wildman–Crippen MR) is 255 cm³/mol. The topological polar surface area (TPSA) is 212 Å². The number of carbonyl (C=O) groups is 8. The maximum Gasteiger partial charge on any atom is 0.326 e. The van der Waals surface area contributed by atoms with E-state index < -0.39 is 71.9 Å². The molecule has 3 unspecified atom stereocenters. The quantitative estimate of drug-likeness (QED) is 0.0833. The number of benzene rings is 1. The maximum atomic E-state index is 14.6. The number of hydrogen-bond donors (Lipinski definition) is 3. The van der Waals surface area contributed by atoms with E-state index in [1.807, 2.05) is 41.5 Å². The van der Waals surface area contributed by atoms with Gasteiger partial charge in [-0.3, -0.25) is 38.5 Å². The summed E-state index contributed by atoms with van der Waals surface area (Å²) < 4.78 is 26.5. The third-order valence-electron chi connectivity index (χ3n) is 14.6. The average molecular weight is 969 g/mol. The lowest BCUT2D eigenvalue weighted by atomic mass is 9.89. The van der Waals surface area contributed by atoms with E-state index >= 15 is 0 Å². The highest BCUT2D eigenvalue weighted by Crippen LogP contribution is 2.56. The Kier molecular flexibility index (Phi) is 20.5. The maximum absolute atomic E-state index is 14.6. The van der Waals surface area contributed by atoms with Crippen LogP contribution in [-0.2, 0) is 54.3 Å². The van der Waals surface area contributed by atoms with E-state index in [2.05, 4.69) is 10.6 Å². The molecule has 1 saturated carbocycles. The number of nitrogens with one attached hydrogen (secondary N) is 2. The first-order valence-corrected chi connectivity index (χ1v) is 24.5. The Morgan fingerprint density at radius 3 is 2.04 bits per heavy atom. The van der Waals surface area contributed by atoms with E-state index in [0.29, 0.717) is 38.6 Å². The number of carbonyl (C=O) groups excluding carboxylic acids is 7. The van der Waals surface area contributed by atoms with Crippen LogP contribution < -0.4 is 10.6 Å². The largest absolute Gasteiger partial charge is 0.480 e. The van der Waals surface area contributed by atoms with Crippen molar-refractivity contribution in [2.45, 2.75) is 155 Å². The van der Waals surface area contributed by atoms with Crippen molar-refractivity contribution < 1.29 is 57.3 Å². The van der Waals surface area contributed by atoms with Crippen LogP contribution in [0, 0.1) is 34.9 Å². The van der Waals surface area contributed by atoms with Gasteiger partial charge in [-0.25, -0.2) is 9.18 Å². The summed E-state index contributed by atoms with van der Waals surface area (Å²) in [6.07, 6.45) is 5.29. The fraction of sp³-hybridized carbons (Fsp3) is 0.686. The van der Waals surface area contributed by atoms with Gasteiger partial charge in [0.15, 0.2) is 0 Å². The molecular formula is C51H77FN6O11. The van der Waals surface area contributed by atoms with Crippen LogP contribution in [0.15, 0.2) is 36.4 Å². The molecule has 0 bridgehead atoms. The summed E-state index contributed by atoms with van der Waals surface area (Å²) in [5, 5.41) is 15.5. The minimum absolute atomic E-state index is 0.108. The third kappa shape index (κ3) is 14.2. The van der Waals surface area contributed by atoms with Crippen LogP contribution in [0.2, 0.25) is 0 Å². The number of unbranched alkanes of at least 4 members (excludes halogenated alkanes) is 2. The Bertz CT molecular complexity index is 2020. The molecular weight excluding hydrogens is 892 g/mol. The van der Waals surface area contributed by atoms with Crippen LogP contribution in [0.3, 0.4) is 0 Å². The summed E-state index contributed by atoms with van der Waals surface area (Å²) in [4.78, 5) is 112. The van der Waals surface area contributed by atoms with Crippen molar-refractivity contribution in [3.63, 3.8) is 0 Å². The molecule has 9 atom stereocenters. The van der Waals surface area contributed by atoms with Gasteiger partial charge in [0.1, 0.15) is 23.9 Å². The van der Waals surface area contributed by atoms with Gasteiger partial charge in [-0.2, -0.15) is 0 Å². The first-order chi connectivity index (χ1) is 32.5. The molecule has 2 heterocycles. The summed E-state index contributed by atoms with van der Waals surface area (Å²) in [6, 6.07) is 1.36. The molecule has 2 fully saturated rings. The Balaban J connectivity index is 1.46. The minimum atomic E-state index is -1.41. The van der Waals surface area contributed by atoms with Gasteiger partial charge >= 0.3 is 5.97 Å². The molecule has 18 heteroatoms. The third-order valence-corrected chi connectivity index (χ3v) is 14.6. The number of ether oxygens (including phenoxy) is 2. The number of likely N-dealkylation sites (tertiary alicyclic amines) is 1. The molecule has 2 aliphatic heterocycles. The Hall–Kier alpha value is -5.23. The number of aliphatic carboxylic acids is 1. The number of amides is 7. The molecule has 1 saturated heterocycles. The number of carboxylic acids is 1. The van der Waals surface area contributed by atoms with E-state index in [0.717, 1.165) is 17.7 Å². The molecule has 3 aliphatic rings. The fourth-order valence-corrected chi connectivity index (χ4v) is 10.1. The van der Waals surface area contributed by atoms with Gasteiger partial charge in [-0.1, -0.05) is 79.5 Å². The standard InChI is InChI=1S/C51H77FN6O11/c1-12-32(6)45(56(9)49(65)43(30(2)3)54-48(64)44(31(4)5)55(8)39(59)20-14-13-17-25-57-40(60)21-22-41(57)61)38(68-10)27-42(62)58-29-51(23-24-51)28-37(58)46(69-11)33(7)47(63)53-36(50(66)67)26-34-18-15-16-19-35(34)52/h15-16,18-19,21-22,30-33,36-38,43-46H,12-14,17,20,23-29H2,1-11H3,(H,53,63)(H,54,64)(H,66,67)/t32-,33+,36?,37-,38+,43-,44?,45-,46?/m0/s1. The highest BCUT2D eigenvalue weighted by Gasteiger charge is 2.56. The van der Waals surface area contributed by atoms with E-state index in [1.54, 1.807) is 36.9 Å². The number of imide groups is 1. The lowest BCUT2D eigenvalue weighted by Gasteiger charge is -2.41. The normalized spacial score (nSPS) is 19.8. The van der Waals surface area contributed by atoms with Crippen molar-refractivity contribution in [1.29, 1.82) is 0 Å². The summed E-state index contributed by atoms with van der Waals surface area (Å²) in [7, 11) is 6.17. The smallest absolute Gasteiger partial charge is 0.326 e. The SMILES string of the molecule is CC[C@H](C)[C@@H]([C@@H](CC(=O)N1CC2(CC2)C[C@H]1C(OC)[C@@H](C)C(=O)NC(Cc1ccccc1F)C(=O)O)OC)N(C)C(=O)[C@@H](NC(=O)C(C(C)C)N(C)C(=O)CCCCCN1C(=O)C=CC1=O)C(C)C. The summed E-state index contributed by atoms with van der Waals surface area (Å²) >= 11 is 0. The van der Waals surface area contributed by atoms with E-state index in [1.165, 1.54) is 49.5 Å². The summed E-state index contributed by atoms with van der Waals surface area (Å²) in [5.41, 5.74) is 0.00741. The van der Waals surface area contributed by atoms with Crippen LogP contribution in [0.25, 0.3) is 0 Å². The van der Waals surface area contributed by atoms with Crippen LogP contribution in [0.4, 0.5) is 4.39 Å². The van der Waals surface area contributed by atoms with Gasteiger partial charge in [-0.05, 0) is 66.9 Å². The molecule has 1 aromatic rings. The van der Waals surface area contributed by atoms with Crippen LogP contribution in [0.1, 0.15) is 112 Å². The molecule has 69 heavy (non-hydrogen) atoms. The number of hydrogen-bond acceptors (Lipinski definition) is 10. The molecule has 7 amide bonds. The zero-order valence-corrected chi connectivity index (χ0v) is 42.5. The molecule has 1 aromatic carbocycles. The zero-order chi connectivity index (χ0) is 51.5. The monoisotopic (exact) mass is 969 g/mol. The molecule has 0 aromatic heterocycles. The fourth-order valence-electron chi connectivity index (χ4n) is 10.1. The Morgan fingerprint density at radius 1 is 0.870 bits per heavy atom. The lowest BCUT2D eigenvalue weighted by Crippen LogP contribution is -2.60. The highest BCUT2D eigenvalue weighted by atomic mass is 19.1. The van der Waals surface area contributed by atoms with Gasteiger partial charge < -0.3 is 39.9 Å². The van der Waals surface area contributed by atoms with Gasteiger partial charge in [0, 0.05) is 66.4 Å². The summed E-state index contributed by atoms with van der Waals surface area (Å²) in [6.45, 7) is 13.6. The number of likely N-dealkylation sites (N-methyl/N-ethyl adjacent to an activating group) is 2. The van der Waals surface area contributed by atoms with Gasteiger partial charge in [0.2, 0.25) is 29.5 Å². The van der Waals surface area contributed by atoms with Gasteiger partial charge in [-0.15, -0.1) is 0 Å². The van der Waals surface area contributed by atoms with Crippen molar-refractivity contribution in [3.05, 3.63) is 47.8 Å².